The van der Waals surface area contributed by atoms with Gasteiger partial charge < -0.3 is 4.90 Å². The maximum absolute atomic E-state index is 13.0. The number of alkyl halides is 3. The zero-order valence-electron chi connectivity index (χ0n) is 15.6. The van der Waals surface area contributed by atoms with E-state index >= 15 is 0 Å². The quantitative estimate of drug-likeness (QED) is 0.720. The number of hydrogen-bond acceptors (Lipinski definition) is 4. The first-order valence-corrected chi connectivity index (χ1v) is 10.4. The third-order valence-electron chi connectivity index (χ3n) is 4.74. The molecule has 0 saturated carbocycles. The predicted octanol–water partition coefficient (Wildman–Crippen LogP) is 2.55. The van der Waals surface area contributed by atoms with Crippen LogP contribution < -0.4 is 0 Å². The van der Waals surface area contributed by atoms with Crippen molar-refractivity contribution in [2.24, 2.45) is 7.05 Å². The lowest BCUT2D eigenvalue weighted by molar-refractivity contribution is -0.137. The Morgan fingerprint density at radius 3 is 2.28 bits per heavy atom. The molecule has 1 aliphatic rings. The molecular weight excluding hydrogens is 433 g/mol. The zero-order chi connectivity index (χ0) is 21.6. The van der Waals surface area contributed by atoms with Gasteiger partial charge in [-0.25, -0.2) is 8.42 Å². The molecule has 1 fully saturated rings. The normalized spacial score (nSPS) is 16.3. The summed E-state index contributed by atoms with van der Waals surface area (Å²) in [4.78, 5) is 13.5. The second-order valence-corrected chi connectivity index (χ2v) is 8.98. The molecule has 158 valence electrons. The lowest BCUT2D eigenvalue weighted by Crippen LogP contribution is -2.50. The van der Waals surface area contributed by atoms with E-state index in [9.17, 15) is 26.4 Å². The van der Waals surface area contributed by atoms with Gasteiger partial charge in [0.1, 0.15) is 0 Å². The largest absolute Gasteiger partial charge is 0.417 e. The lowest BCUT2D eigenvalue weighted by atomic mass is 10.2. The Morgan fingerprint density at radius 1 is 1.14 bits per heavy atom. The second kappa shape index (κ2) is 7.62. The number of carbonyl (C=O) groups excluding carboxylic acids is 1. The number of rotatable bonds is 3. The Balaban J connectivity index is 1.75. The molecule has 29 heavy (non-hydrogen) atoms. The molecule has 0 unspecified atom stereocenters. The first kappa shape index (κ1) is 21.6. The molecule has 0 N–H and O–H groups in total. The molecule has 2 heterocycles. The van der Waals surface area contributed by atoms with Crippen molar-refractivity contribution >= 4 is 27.5 Å². The molecule has 7 nitrogen and oxygen atoms in total. The van der Waals surface area contributed by atoms with Crippen LogP contribution in [0.4, 0.5) is 13.2 Å². The minimum atomic E-state index is -4.77. The molecule has 2 aromatic rings. The molecule has 1 aromatic heterocycles. The minimum absolute atomic E-state index is 0.0378. The second-order valence-electron chi connectivity index (χ2n) is 6.63. The number of benzene rings is 1. The molecule has 0 atom stereocenters. The molecule has 0 spiro atoms. The van der Waals surface area contributed by atoms with Gasteiger partial charge in [0, 0.05) is 38.9 Å². The summed E-state index contributed by atoms with van der Waals surface area (Å²) in [5.74, 6) is -0.323. The monoisotopic (exact) mass is 450 g/mol. The van der Waals surface area contributed by atoms with Gasteiger partial charge in [-0.1, -0.05) is 11.6 Å². The Labute approximate surface area is 170 Å². The van der Waals surface area contributed by atoms with Crippen LogP contribution in [0.3, 0.4) is 0 Å². The highest BCUT2D eigenvalue weighted by Crippen LogP contribution is 2.36. The topological polar surface area (TPSA) is 75.5 Å². The predicted molar refractivity (Wildman–Crippen MR) is 99.1 cm³/mol. The van der Waals surface area contributed by atoms with Crippen molar-refractivity contribution in [2.45, 2.75) is 18.0 Å². The maximum atomic E-state index is 13.0. The van der Waals surface area contributed by atoms with Crippen LogP contribution >= 0.6 is 11.6 Å². The molecule has 1 saturated heterocycles. The third kappa shape index (κ3) is 4.26. The van der Waals surface area contributed by atoms with Crippen molar-refractivity contribution in [2.75, 3.05) is 26.2 Å². The fraction of sp³-hybridized carbons (Fsp3) is 0.412. The van der Waals surface area contributed by atoms with E-state index in [4.69, 9.17) is 11.6 Å². The van der Waals surface area contributed by atoms with Crippen molar-refractivity contribution in [3.05, 3.63) is 46.2 Å². The summed E-state index contributed by atoms with van der Waals surface area (Å²) in [6.45, 7) is 1.93. The van der Waals surface area contributed by atoms with Crippen LogP contribution in [0.25, 0.3) is 0 Å². The Hall–Kier alpha value is -2.11. The number of amides is 1. The fourth-order valence-electron chi connectivity index (χ4n) is 2.99. The summed E-state index contributed by atoms with van der Waals surface area (Å²) in [6, 6.07) is 4.13. The molecule has 1 amide bonds. The van der Waals surface area contributed by atoms with E-state index in [1.165, 1.54) is 4.90 Å². The summed E-state index contributed by atoms with van der Waals surface area (Å²) in [5, 5.41) is 3.54. The van der Waals surface area contributed by atoms with E-state index in [0.29, 0.717) is 6.07 Å². The van der Waals surface area contributed by atoms with E-state index in [2.05, 4.69) is 5.10 Å². The molecule has 3 rings (SSSR count). The minimum Gasteiger partial charge on any atom is -0.335 e. The van der Waals surface area contributed by atoms with Gasteiger partial charge in [0.15, 0.2) is 5.69 Å². The summed E-state index contributed by atoms with van der Waals surface area (Å²) in [7, 11) is -2.45. The average Bonchev–Trinajstić information content (AvgIpc) is 2.99. The maximum Gasteiger partial charge on any atom is 0.417 e. The number of aromatic nitrogens is 2. The van der Waals surface area contributed by atoms with Crippen molar-refractivity contribution < 1.29 is 26.4 Å². The van der Waals surface area contributed by atoms with Crippen LogP contribution in [-0.4, -0.2) is 59.5 Å². The molecule has 0 aliphatic carbocycles. The van der Waals surface area contributed by atoms with Gasteiger partial charge in [-0.2, -0.15) is 22.6 Å². The SMILES string of the molecule is Cc1cc(C(=O)N2CCN(S(=O)(=O)c3ccc(Cl)c(C(F)(F)F)c3)CC2)nn1C. The fourth-order valence-corrected chi connectivity index (χ4v) is 4.66. The number of halogens is 4. The highest BCUT2D eigenvalue weighted by molar-refractivity contribution is 7.89. The van der Waals surface area contributed by atoms with Gasteiger partial charge in [-0.15, -0.1) is 0 Å². The third-order valence-corrected chi connectivity index (χ3v) is 6.96. The van der Waals surface area contributed by atoms with Crippen LogP contribution in [0.15, 0.2) is 29.2 Å². The van der Waals surface area contributed by atoms with E-state index < -0.39 is 31.7 Å². The molecule has 12 heteroatoms. The van der Waals surface area contributed by atoms with Gasteiger partial charge in [0.25, 0.3) is 5.91 Å². The Bertz CT molecular complexity index is 1030. The lowest BCUT2D eigenvalue weighted by Gasteiger charge is -2.33. The molecule has 0 bridgehead atoms. The highest BCUT2D eigenvalue weighted by atomic mass is 35.5. The molecular formula is C17H18ClF3N4O3S. The summed E-state index contributed by atoms with van der Waals surface area (Å²) in [5.41, 5.74) is -0.147. The number of carbonyl (C=O) groups is 1. The Kier molecular flexibility index (Phi) is 5.67. The van der Waals surface area contributed by atoms with Crippen LogP contribution in [0.1, 0.15) is 21.7 Å². The van der Waals surface area contributed by atoms with E-state index in [-0.39, 0.29) is 37.8 Å². The first-order chi connectivity index (χ1) is 13.4. The average molecular weight is 451 g/mol. The smallest absolute Gasteiger partial charge is 0.335 e. The van der Waals surface area contributed by atoms with Gasteiger partial charge in [0.05, 0.1) is 15.5 Å². The van der Waals surface area contributed by atoms with Crippen molar-refractivity contribution in [3.8, 4) is 0 Å². The van der Waals surface area contributed by atoms with Crippen molar-refractivity contribution in [1.29, 1.82) is 0 Å². The van der Waals surface area contributed by atoms with E-state index in [0.717, 1.165) is 22.1 Å². The van der Waals surface area contributed by atoms with Gasteiger partial charge in [-0.05, 0) is 31.2 Å². The van der Waals surface area contributed by atoms with Crippen molar-refractivity contribution in [3.63, 3.8) is 0 Å². The Morgan fingerprint density at radius 2 is 1.76 bits per heavy atom. The van der Waals surface area contributed by atoms with E-state index in [1.807, 2.05) is 0 Å². The summed E-state index contributed by atoms with van der Waals surface area (Å²) in [6.07, 6.45) is -4.77. The number of aryl methyl sites for hydroxylation is 2. The summed E-state index contributed by atoms with van der Waals surface area (Å²) >= 11 is 5.56. The van der Waals surface area contributed by atoms with Gasteiger partial charge in [0.2, 0.25) is 10.0 Å². The van der Waals surface area contributed by atoms with E-state index in [1.54, 1.807) is 24.7 Å². The molecule has 1 aromatic carbocycles. The van der Waals surface area contributed by atoms with Crippen LogP contribution in [-0.2, 0) is 23.2 Å². The first-order valence-electron chi connectivity index (χ1n) is 8.58. The molecule has 0 radical (unpaired) electrons. The van der Waals surface area contributed by atoms with Crippen molar-refractivity contribution in [1.82, 2.24) is 19.0 Å². The van der Waals surface area contributed by atoms with Gasteiger partial charge in [-0.3, -0.25) is 9.48 Å². The molecule has 1 aliphatic heterocycles. The number of hydrogen-bond donors (Lipinski definition) is 0. The summed E-state index contributed by atoms with van der Waals surface area (Å²) < 4.78 is 67.3. The highest BCUT2D eigenvalue weighted by Gasteiger charge is 2.36. The number of piperazine rings is 1. The van der Waals surface area contributed by atoms with Crippen LogP contribution in [0, 0.1) is 6.92 Å². The number of nitrogens with zero attached hydrogens (tertiary/aromatic N) is 4. The zero-order valence-corrected chi connectivity index (χ0v) is 17.1. The standard InChI is InChI=1S/C17H18ClF3N4O3S/c1-11-9-15(22-23(11)2)16(26)24-5-7-25(8-6-24)29(27,28)12-3-4-14(18)13(10-12)17(19,20)21/h3-4,9-10H,5-8H2,1-2H3. The van der Waals surface area contributed by atoms with Gasteiger partial charge >= 0.3 is 6.18 Å². The van der Waals surface area contributed by atoms with Crippen LogP contribution in [0.5, 0.6) is 0 Å². The van der Waals surface area contributed by atoms with Crippen LogP contribution in [0.2, 0.25) is 5.02 Å². The number of sulfonamides is 1.